The van der Waals surface area contributed by atoms with Crippen molar-refractivity contribution in [2.75, 3.05) is 6.79 Å². The first kappa shape index (κ1) is 18.9. The van der Waals surface area contributed by atoms with Crippen molar-refractivity contribution in [1.82, 2.24) is 4.72 Å². The van der Waals surface area contributed by atoms with Crippen LogP contribution in [-0.4, -0.2) is 20.5 Å². The third-order valence-electron chi connectivity index (χ3n) is 6.93. The lowest BCUT2D eigenvalue weighted by Crippen LogP contribution is -2.42. The Morgan fingerprint density at radius 2 is 1.79 bits per heavy atom. The van der Waals surface area contributed by atoms with Gasteiger partial charge in [-0.05, 0) is 61.4 Å². The van der Waals surface area contributed by atoms with Crippen molar-refractivity contribution >= 4 is 10.0 Å². The van der Waals surface area contributed by atoms with Crippen LogP contribution in [0.2, 0.25) is 0 Å². The number of rotatable bonds is 4. The molecule has 2 aromatic carbocycles. The normalized spacial score (nSPS) is 27.7. The predicted molar refractivity (Wildman–Crippen MR) is 112 cm³/mol. The summed E-state index contributed by atoms with van der Waals surface area (Å²) in [7, 11) is -3.42. The van der Waals surface area contributed by atoms with Crippen molar-refractivity contribution in [2.24, 2.45) is 5.92 Å². The number of hydrogen-bond donors (Lipinski definition) is 1. The number of nitrogens with one attached hydrogen (secondary N) is 1. The zero-order valence-corrected chi connectivity index (χ0v) is 17.7. The van der Waals surface area contributed by atoms with E-state index in [1.165, 1.54) is 11.1 Å². The number of hydrogen-bond acceptors (Lipinski definition) is 4. The maximum absolute atomic E-state index is 12.9. The van der Waals surface area contributed by atoms with Gasteiger partial charge in [-0.15, -0.1) is 0 Å². The number of benzene rings is 2. The van der Waals surface area contributed by atoms with Crippen LogP contribution in [0.4, 0.5) is 0 Å². The van der Waals surface area contributed by atoms with Crippen LogP contribution in [0.15, 0.2) is 42.5 Å². The molecule has 1 aliphatic heterocycles. The molecule has 0 saturated heterocycles. The maximum atomic E-state index is 12.9. The van der Waals surface area contributed by atoms with E-state index in [-0.39, 0.29) is 24.2 Å². The largest absolute Gasteiger partial charge is 0.454 e. The SMILES string of the molecule is CC(C)S(=O)(=O)N[C@@H]1c2cc3c(cc2[C@@]2(c4ccccc4)CCCC[C@@H]12)OCO3. The molecule has 6 heteroatoms. The highest BCUT2D eigenvalue weighted by Gasteiger charge is 2.55. The van der Waals surface area contributed by atoms with E-state index in [0.29, 0.717) is 5.75 Å². The van der Waals surface area contributed by atoms with E-state index in [1.807, 2.05) is 12.1 Å². The lowest BCUT2D eigenvalue weighted by Gasteiger charge is -2.42. The van der Waals surface area contributed by atoms with Crippen LogP contribution in [0.25, 0.3) is 0 Å². The fourth-order valence-corrected chi connectivity index (χ4v) is 6.43. The molecule has 5 rings (SSSR count). The molecule has 5 nitrogen and oxygen atoms in total. The molecule has 154 valence electrons. The quantitative estimate of drug-likeness (QED) is 0.813. The fourth-order valence-electron chi connectivity index (χ4n) is 5.51. The summed E-state index contributed by atoms with van der Waals surface area (Å²) >= 11 is 0. The number of fused-ring (bicyclic) bond motifs is 4. The van der Waals surface area contributed by atoms with Gasteiger partial charge in [-0.1, -0.05) is 43.2 Å². The topological polar surface area (TPSA) is 64.6 Å². The minimum atomic E-state index is -3.42. The van der Waals surface area contributed by atoms with Gasteiger partial charge in [-0.25, -0.2) is 13.1 Å². The van der Waals surface area contributed by atoms with E-state index in [2.05, 4.69) is 35.1 Å². The molecule has 0 amide bonds. The third-order valence-corrected chi connectivity index (χ3v) is 8.76. The van der Waals surface area contributed by atoms with Crippen LogP contribution < -0.4 is 14.2 Å². The van der Waals surface area contributed by atoms with Gasteiger partial charge in [-0.2, -0.15) is 0 Å². The zero-order chi connectivity index (χ0) is 20.2. The Kier molecular flexibility index (Phi) is 4.40. The van der Waals surface area contributed by atoms with Crippen LogP contribution in [0.1, 0.15) is 62.3 Å². The molecule has 1 N–H and O–H groups in total. The highest BCUT2D eigenvalue weighted by Crippen LogP contribution is 2.61. The van der Waals surface area contributed by atoms with Crippen molar-refractivity contribution in [3.63, 3.8) is 0 Å². The molecule has 1 fully saturated rings. The highest BCUT2D eigenvalue weighted by molar-refractivity contribution is 7.90. The number of sulfonamides is 1. The Morgan fingerprint density at radius 1 is 1.07 bits per heavy atom. The van der Waals surface area contributed by atoms with E-state index in [0.717, 1.165) is 37.0 Å². The zero-order valence-electron chi connectivity index (χ0n) is 16.9. The Balaban J connectivity index is 1.73. The van der Waals surface area contributed by atoms with Crippen molar-refractivity contribution < 1.29 is 17.9 Å². The molecule has 2 aromatic rings. The lowest BCUT2D eigenvalue weighted by atomic mass is 9.62. The second kappa shape index (κ2) is 6.74. The molecule has 0 radical (unpaired) electrons. The van der Waals surface area contributed by atoms with E-state index >= 15 is 0 Å². The lowest BCUT2D eigenvalue weighted by molar-refractivity contribution is 0.173. The smallest absolute Gasteiger partial charge is 0.231 e. The second-order valence-corrected chi connectivity index (χ2v) is 10.9. The fraction of sp³-hybridized carbons (Fsp3) is 0.478. The third kappa shape index (κ3) is 2.80. The van der Waals surface area contributed by atoms with Crippen molar-refractivity contribution in [3.05, 3.63) is 59.2 Å². The summed E-state index contributed by atoms with van der Waals surface area (Å²) in [6.07, 6.45) is 4.23. The summed E-state index contributed by atoms with van der Waals surface area (Å²) in [5.41, 5.74) is 3.28. The minimum Gasteiger partial charge on any atom is -0.454 e. The van der Waals surface area contributed by atoms with E-state index in [9.17, 15) is 8.42 Å². The molecular weight excluding hydrogens is 386 g/mol. The van der Waals surface area contributed by atoms with E-state index < -0.39 is 15.3 Å². The van der Waals surface area contributed by atoms with E-state index in [1.54, 1.807) is 13.8 Å². The molecule has 0 spiro atoms. The Hall–Kier alpha value is -2.05. The second-order valence-electron chi connectivity index (χ2n) is 8.67. The van der Waals surface area contributed by atoms with Gasteiger partial charge in [0.25, 0.3) is 0 Å². The summed E-state index contributed by atoms with van der Waals surface area (Å²) < 4.78 is 40.2. The van der Waals surface area contributed by atoms with Gasteiger partial charge in [0.15, 0.2) is 11.5 Å². The predicted octanol–water partition coefficient (Wildman–Crippen LogP) is 4.27. The maximum Gasteiger partial charge on any atom is 0.231 e. The average Bonchev–Trinajstić information content (AvgIpc) is 3.28. The molecule has 2 aliphatic carbocycles. The van der Waals surface area contributed by atoms with Crippen LogP contribution in [0.5, 0.6) is 11.5 Å². The van der Waals surface area contributed by atoms with Gasteiger partial charge in [-0.3, -0.25) is 0 Å². The van der Waals surface area contributed by atoms with Crippen LogP contribution in [-0.2, 0) is 15.4 Å². The molecule has 3 atom stereocenters. The molecule has 29 heavy (non-hydrogen) atoms. The first-order valence-corrected chi connectivity index (χ1v) is 12.0. The molecule has 3 aliphatic rings. The summed E-state index contributed by atoms with van der Waals surface area (Å²) in [6.45, 7) is 3.66. The molecule has 0 unspecified atom stereocenters. The minimum absolute atomic E-state index is 0.171. The average molecular weight is 414 g/mol. The molecule has 1 heterocycles. The first-order chi connectivity index (χ1) is 13.9. The van der Waals surface area contributed by atoms with Crippen molar-refractivity contribution in [1.29, 1.82) is 0 Å². The molecule has 0 bridgehead atoms. The molecule has 0 aromatic heterocycles. The van der Waals surface area contributed by atoms with Crippen molar-refractivity contribution in [2.45, 2.75) is 56.2 Å². The van der Waals surface area contributed by atoms with Crippen LogP contribution in [0, 0.1) is 5.92 Å². The summed E-state index contributed by atoms with van der Waals surface area (Å²) in [6, 6.07) is 14.4. The van der Waals surface area contributed by atoms with Crippen LogP contribution in [0.3, 0.4) is 0 Å². The van der Waals surface area contributed by atoms with E-state index in [4.69, 9.17) is 9.47 Å². The van der Waals surface area contributed by atoms with Gasteiger partial charge in [0.1, 0.15) is 0 Å². The highest BCUT2D eigenvalue weighted by atomic mass is 32.2. The molecular formula is C23H27NO4S. The summed E-state index contributed by atoms with van der Waals surface area (Å²) in [4.78, 5) is 0. The Morgan fingerprint density at radius 3 is 2.52 bits per heavy atom. The number of ether oxygens (including phenoxy) is 2. The monoisotopic (exact) mass is 413 g/mol. The van der Waals surface area contributed by atoms with Gasteiger partial charge < -0.3 is 9.47 Å². The summed E-state index contributed by atoms with van der Waals surface area (Å²) in [5.74, 6) is 1.64. The summed E-state index contributed by atoms with van der Waals surface area (Å²) in [5, 5.41) is -0.477. The molecule has 1 saturated carbocycles. The first-order valence-electron chi connectivity index (χ1n) is 10.4. The van der Waals surface area contributed by atoms with Gasteiger partial charge >= 0.3 is 0 Å². The van der Waals surface area contributed by atoms with Crippen molar-refractivity contribution in [3.8, 4) is 11.5 Å². The Labute approximate surface area is 172 Å². The van der Waals surface area contributed by atoms with Gasteiger partial charge in [0, 0.05) is 5.41 Å². The van der Waals surface area contributed by atoms with Crippen LogP contribution >= 0.6 is 0 Å². The standard InChI is InChI=1S/C23H27NO4S/c1-15(2)29(25,26)24-22-17-12-20-21(28-14-27-20)13-19(17)23(11-7-6-10-18(22)23)16-8-4-3-5-9-16/h3-5,8-9,12-13,15,18,22,24H,6-7,10-11,14H2,1-2H3/t18-,22+,23+/m0/s1. The Bertz CT molecular complexity index is 1030. The van der Waals surface area contributed by atoms with Gasteiger partial charge in [0.2, 0.25) is 16.8 Å². The van der Waals surface area contributed by atoms with Gasteiger partial charge in [0.05, 0.1) is 11.3 Å².